The number of cyclic esters (lactones) is 1. The van der Waals surface area contributed by atoms with Crippen molar-refractivity contribution >= 4 is 51.1 Å². The van der Waals surface area contributed by atoms with Crippen molar-refractivity contribution in [2.75, 3.05) is 39.1 Å². The summed E-state index contributed by atoms with van der Waals surface area (Å²) in [6, 6.07) is 57.3. The summed E-state index contributed by atoms with van der Waals surface area (Å²) in [6.07, 6.45) is 9.35. The van der Waals surface area contributed by atoms with Crippen LogP contribution in [0.5, 0.6) is 11.5 Å². The summed E-state index contributed by atoms with van der Waals surface area (Å²) in [7, 11) is 6.32. The minimum absolute atomic E-state index is 0.0576. The first-order chi connectivity index (χ1) is 32.7. The molecular weight excluding hydrogens is 829 g/mol. The van der Waals surface area contributed by atoms with E-state index in [9.17, 15) is 9.90 Å². The Morgan fingerprint density at radius 1 is 0.522 bits per heavy atom. The number of rotatable bonds is 10. The van der Waals surface area contributed by atoms with Crippen molar-refractivity contribution in [3.63, 3.8) is 0 Å². The lowest BCUT2D eigenvalue weighted by Crippen LogP contribution is -2.34. The molecule has 0 aromatic heterocycles. The second kappa shape index (κ2) is 17.9. The van der Waals surface area contributed by atoms with Gasteiger partial charge in [-0.25, -0.2) is 4.79 Å². The van der Waals surface area contributed by atoms with Gasteiger partial charge in [0.25, 0.3) is 0 Å². The number of ether oxygens (including phenoxy) is 3. The fraction of sp³-hybridized carbons (Fsp3) is 0.150. The number of benzene rings is 8. The van der Waals surface area contributed by atoms with Gasteiger partial charge < -0.3 is 29.1 Å². The van der Waals surface area contributed by atoms with Gasteiger partial charge in [-0.2, -0.15) is 0 Å². The normalized spacial score (nSPS) is 14.9. The average molecular weight is 881 g/mol. The van der Waals surface area contributed by atoms with Gasteiger partial charge >= 0.3 is 5.97 Å². The lowest BCUT2D eigenvalue weighted by Gasteiger charge is -2.38. The number of aliphatic hydroxyl groups excluding tert-OH is 1. The molecule has 0 atom stereocenters. The number of anilines is 1. The molecule has 3 aliphatic heterocycles. The third kappa shape index (κ3) is 7.56. The van der Waals surface area contributed by atoms with Gasteiger partial charge in [0.1, 0.15) is 17.3 Å². The maximum atomic E-state index is 12.7. The maximum absolute atomic E-state index is 12.7. The second-order valence-electron chi connectivity index (χ2n) is 17.5. The third-order valence-electron chi connectivity index (χ3n) is 13.1. The van der Waals surface area contributed by atoms with Gasteiger partial charge in [0.2, 0.25) is 0 Å². The Kier molecular flexibility index (Phi) is 11.6. The molecule has 1 N–H and O–H groups in total. The highest BCUT2D eigenvalue weighted by Crippen LogP contribution is 2.51. The Hall–Kier alpha value is -7.71. The molecule has 67 heavy (non-hydrogen) atoms. The molecule has 7 heteroatoms. The number of carbonyl (C=O) groups is 1. The molecule has 332 valence electrons. The molecule has 0 saturated heterocycles. The zero-order chi connectivity index (χ0) is 46.1. The van der Waals surface area contributed by atoms with Crippen LogP contribution < -0.4 is 14.4 Å². The molecule has 0 aliphatic carbocycles. The van der Waals surface area contributed by atoms with Gasteiger partial charge in [0.15, 0.2) is 11.2 Å². The topological polar surface area (TPSA) is 71.5 Å². The van der Waals surface area contributed by atoms with Crippen molar-refractivity contribution in [2.24, 2.45) is 0 Å². The molecule has 0 bridgehead atoms. The number of hydrogen-bond acceptors (Lipinski definition) is 7. The molecule has 0 unspecified atom stereocenters. The van der Waals surface area contributed by atoms with Gasteiger partial charge in [-0.3, -0.25) is 0 Å². The van der Waals surface area contributed by atoms with Gasteiger partial charge in [0.05, 0.1) is 17.9 Å². The minimum Gasteiger partial charge on any atom is -0.472 e. The number of carbonyl (C=O) groups excluding carboxylic acids is 1. The van der Waals surface area contributed by atoms with E-state index < -0.39 is 11.2 Å². The van der Waals surface area contributed by atoms with E-state index in [1.165, 1.54) is 0 Å². The van der Waals surface area contributed by atoms with Crippen LogP contribution >= 0.6 is 0 Å². The summed E-state index contributed by atoms with van der Waals surface area (Å²) in [5.74, 6) is 1.49. The van der Waals surface area contributed by atoms with E-state index in [1.807, 2.05) is 84.9 Å². The van der Waals surface area contributed by atoms with E-state index in [2.05, 4.69) is 147 Å². The highest BCUT2D eigenvalue weighted by atomic mass is 16.5. The second-order valence-corrected chi connectivity index (χ2v) is 17.5. The predicted molar refractivity (Wildman–Crippen MR) is 271 cm³/mol. The van der Waals surface area contributed by atoms with Crippen molar-refractivity contribution in [3.8, 4) is 11.5 Å². The molecular formula is C60H52N2O5. The highest BCUT2D eigenvalue weighted by Gasteiger charge is 2.42. The fourth-order valence-corrected chi connectivity index (χ4v) is 9.98. The molecule has 0 radical (unpaired) electrons. The van der Waals surface area contributed by atoms with Crippen molar-refractivity contribution in [1.29, 1.82) is 0 Å². The van der Waals surface area contributed by atoms with Crippen LogP contribution in [-0.2, 0) is 22.5 Å². The van der Waals surface area contributed by atoms with Crippen molar-refractivity contribution in [1.82, 2.24) is 4.90 Å². The van der Waals surface area contributed by atoms with Crippen molar-refractivity contribution in [2.45, 2.75) is 24.2 Å². The van der Waals surface area contributed by atoms with Crippen LogP contribution in [0.25, 0.3) is 39.5 Å². The van der Waals surface area contributed by atoms with Crippen LogP contribution in [0.2, 0.25) is 0 Å². The van der Waals surface area contributed by atoms with Crippen LogP contribution in [0.1, 0.15) is 61.3 Å². The summed E-state index contributed by atoms with van der Waals surface area (Å²) in [5.41, 5.74) is 7.52. The molecule has 0 fully saturated rings. The lowest BCUT2D eigenvalue weighted by atomic mass is 9.82. The van der Waals surface area contributed by atoms with Gasteiger partial charge in [0, 0.05) is 74.3 Å². The lowest BCUT2D eigenvalue weighted by molar-refractivity contribution is 0.0715. The molecule has 8 aromatic rings. The predicted octanol–water partition coefficient (Wildman–Crippen LogP) is 12.4. The van der Waals surface area contributed by atoms with Gasteiger partial charge in [-0.05, 0) is 50.7 Å². The summed E-state index contributed by atoms with van der Waals surface area (Å²) in [5, 5.41) is 14.6. The van der Waals surface area contributed by atoms with E-state index >= 15 is 0 Å². The summed E-state index contributed by atoms with van der Waals surface area (Å²) >= 11 is 0. The largest absolute Gasteiger partial charge is 0.472 e. The Morgan fingerprint density at radius 3 is 1.42 bits per heavy atom. The van der Waals surface area contributed by atoms with Crippen LogP contribution in [0.15, 0.2) is 189 Å². The molecule has 0 amide bonds. The van der Waals surface area contributed by atoms with E-state index in [4.69, 9.17) is 14.2 Å². The number of esters is 1. The van der Waals surface area contributed by atoms with E-state index in [-0.39, 0.29) is 12.6 Å². The highest BCUT2D eigenvalue weighted by molar-refractivity contribution is 6.15. The molecule has 11 rings (SSSR count). The third-order valence-corrected chi connectivity index (χ3v) is 13.1. The monoisotopic (exact) mass is 880 g/mol. The molecule has 7 nitrogen and oxygen atoms in total. The fourth-order valence-electron chi connectivity index (χ4n) is 9.98. The first kappa shape index (κ1) is 43.2. The van der Waals surface area contributed by atoms with Gasteiger partial charge in [-0.1, -0.05) is 183 Å². The Bertz CT molecular complexity index is 3120. The van der Waals surface area contributed by atoms with Crippen LogP contribution in [0.4, 0.5) is 5.69 Å². The number of hydrogen-bond donors (Lipinski definition) is 1. The Morgan fingerprint density at radius 2 is 0.940 bits per heavy atom. The van der Waals surface area contributed by atoms with E-state index in [0.29, 0.717) is 17.1 Å². The number of fused-ring (bicyclic) bond motifs is 9. The Balaban J connectivity index is 0.000000158. The van der Waals surface area contributed by atoms with E-state index in [1.54, 1.807) is 0 Å². The molecule has 8 aromatic carbocycles. The molecule has 0 saturated carbocycles. The average Bonchev–Trinajstić information content (AvgIpc) is 3.69. The first-order valence-corrected chi connectivity index (χ1v) is 22.8. The first-order valence-electron chi connectivity index (χ1n) is 22.8. The van der Waals surface area contributed by atoms with E-state index in [0.717, 1.165) is 97.0 Å². The molecule has 3 heterocycles. The molecule has 0 spiro atoms. The SMILES string of the molecule is C=C1OC(=O)c2c3c(c4ccccc4c21)OC(c1ccccc1)(c1ccccc1)C=C3.CN(C)CCCN(C)c1c(CO)c2c(c3ccccc13)OC(c1ccccc1)(c1ccccc1)C=C2. The maximum Gasteiger partial charge on any atom is 0.345 e. The summed E-state index contributed by atoms with van der Waals surface area (Å²) in [6.45, 7) is 5.82. The zero-order valence-corrected chi connectivity index (χ0v) is 38.0. The van der Waals surface area contributed by atoms with Crippen LogP contribution in [0, 0.1) is 0 Å². The standard InChI is InChI=1S/C32H34N2O2.C28H18O3/c1-33(2)21-12-22-34(3)30-26-17-10-11-18-27(26)31-28(29(30)23-35)19-20-32(36-31,24-13-6-4-7-14-24)25-15-8-5-9-16-25;1-18-24-21-14-8-9-15-22(21)26-23(25(24)27(29)30-18)16-17-28(31-26,19-10-4-2-5-11-19)20-12-6-3-7-13-20/h4-11,13-20,35H,12,21-23H2,1-3H3;2-17H,1H2. The van der Waals surface area contributed by atoms with Crippen LogP contribution in [-0.4, -0.2) is 50.2 Å². The molecule has 3 aliphatic rings. The Labute approximate surface area is 392 Å². The van der Waals surface area contributed by atoms with Crippen LogP contribution in [0.3, 0.4) is 0 Å². The minimum atomic E-state index is -0.813. The van der Waals surface area contributed by atoms with Gasteiger partial charge in [-0.15, -0.1) is 0 Å². The summed E-state index contributed by atoms with van der Waals surface area (Å²) in [4.78, 5) is 17.2. The summed E-state index contributed by atoms with van der Waals surface area (Å²) < 4.78 is 19.4. The number of nitrogens with zero attached hydrogens (tertiary/aromatic N) is 2. The quantitative estimate of drug-likeness (QED) is 0.137. The smallest absolute Gasteiger partial charge is 0.345 e. The van der Waals surface area contributed by atoms with Crippen molar-refractivity contribution < 1.29 is 24.1 Å². The van der Waals surface area contributed by atoms with Crippen molar-refractivity contribution in [3.05, 3.63) is 239 Å². The zero-order valence-electron chi connectivity index (χ0n) is 38.0. The number of aliphatic hydroxyl groups is 1.